The van der Waals surface area contributed by atoms with Gasteiger partial charge in [-0.15, -0.1) is 11.3 Å². The normalized spacial score (nSPS) is 30.4. The number of carbonyl (C=O) groups is 1. The standard InChI is InChI=1S/C22H31N3OS/c1-15-7-6-8-16(2)25(15)22(26)17(3)24-13-11-18(12-14-24)21-23-19-9-4-5-10-20(19)27-21/h4-5,9-10,15-18H,6-8,11-14H2,1-3H3/p+1/t15-,16+,17-/m1/s1. The van der Waals surface area contributed by atoms with Gasteiger partial charge in [0.05, 0.1) is 28.3 Å². The molecule has 3 atom stereocenters. The predicted octanol–water partition coefficient (Wildman–Crippen LogP) is 3.24. The molecule has 0 aliphatic carbocycles. The Morgan fingerprint density at radius 3 is 2.48 bits per heavy atom. The van der Waals surface area contributed by atoms with Gasteiger partial charge >= 0.3 is 0 Å². The lowest BCUT2D eigenvalue weighted by Gasteiger charge is -2.42. The van der Waals surface area contributed by atoms with Gasteiger partial charge in [0.15, 0.2) is 6.04 Å². The van der Waals surface area contributed by atoms with Gasteiger partial charge in [-0.25, -0.2) is 4.98 Å². The van der Waals surface area contributed by atoms with Crippen molar-refractivity contribution in [2.24, 2.45) is 0 Å². The molecule has 0 bridgehead atoms. The summed E-state index contributed by atoms with van der Waals surface area (Å²) in [6.07, 6.45) is 5.83. The minimum Gasteiger partial charge on any atom is -0.332 e. The van der Waals surface area contributed by atoms with Gasteiger partial charge in [-0.05, 0) is 52.2 Å². The highest BCUT2D eigenvalue weighted by Gasteiger charge is 2.38. The smallest absolute Gasteiger partial charge is 0.281 e. The van der Waals surface area contributed by atoms with Gasteiger partial charge < -0.3 is 9.80 Å². The average Bonchev–Trinajstić information content (AvgIpc) is 3.11. The maximum absolute atomic E-state index is 13.2. The van der Waals surface area contributed by atoms with Crippen LogP contribution in [0.3, 0.4) is 0 Å². The highest BCUT2D eigenvalue weighted by molar-refractivity contribution is 7.18. The number of hydrogen-bond acceptors (Lipinski definition) is 3. The Morgan fingerprint density at radius 1 is 1.15 bits per heavy atom. The molecule has 0 spiro atoms. The first-order valence-electron chi connectivity index (χ1n) is 10.6. The molecule has 5 heteroatoms. The molecule has 1 aromatic carbocycles. The Morgan fingerprint density at radius 2 is 1.81 bits per heavy atom. The van der Waals surface area contributed by atoms with Gasteiger partial charge in [0, 0.05) is 30.8 Å². The van der Waals surface area contributed by atoms with E-state index in [1.807, 2.05) is 11.3 Å². The average molecular weight is 387 g/mol. The van der Waals surface area contributed by atoms with Crippen molar-refractivity contribution >= 4 is 27.5 Å². The predicted molar refractivity (Wildman–Crippen MR) is 111 cm³/mol. The summed E-state index contributed by atoms with van der Waals surface area (Å²) in [5.41, 5.74) is 1.13. The fourth-order valence-corrected chi connectivity index (χ4v) is 6.12. The fourth-order valence-electron chi connectivity index (χ4n) is 4.99. The van der Waals surface area contributed by atoms with Crippen LogP contribution in [0.4, 0.5) is 0 Å². The van der Waals surface area contributed by atoms with E-state index in [9.17, 15) is 4.79 Å². The summed E-state index contributed by atoms with van der Waals surface area (Å²) >= 11 is 1.85. The van der Waals surface area contributed by atoms with Crippen LogP contribution in [-0.2, 0) is 4.79 Å². The van der Waals surface area contributed by atoms with E-state index in [-0.39, 0.29) is 6.04 Å². The number of nitrogens with one attached hydrogen (secondary N) is 1. The van der Waals surface area contributed by atoms with Crippen molar-refractivity contribution in [2.45, 2.75) is 76.9 Å². The van der Waals surface area contributed by atoms with E-state index < -0.39 is 0 Å². The minimum absolute atomic E-state index is 0.0734. The molecule has 2 aliphatic rings. The number of likely N-dealkylation sites (tertiary alicyclic amines) is 2. The van der Waals surface area contributed by atoms with Crippen molar-refractivity contribution in [3.63, 3.8) is 0 Å². The molecule has 3 heterocycles. The molecule has 0 radical (unpaired) electrons. The fraction of sp³-hybridized carbons (Fsp3) is 0.636. The topological polar surface area (TPSA) is 37.6 Å². The lowest BCUT2D eigenvalue weighted by molar-refractivity contribution is -0.919. The second kappa shape index (κ2) is 7.88. The number of piperidine rings is 2. The number of fused-ring (bicyclic) bond motifs is 1. The molecule has 1 N–H and O–H groups in total. The SMILES string of the molecule is C[C@@H]1CCC[C@H](C)N1C(=O)[C@@H](C)[NH+]1CCC(c2nc3ccccc3s2)CC1. The van der Waals surface area contributed by atoms with E-state index in [0.717, 1.165) is 44.3 Å². The first-order chi connectivity index (χ1) is 13.0. The number of carbonyl (C=O) groups excluding carboxylic acids is 1. The Kier molecular flexibility index (Phi) is 5.51. The molecule has 0 saturated carbocycles. The van der Waals surface area contributed by atoms with Crippen LogP contribution in [0, 0.1) is 0 Å². The van der Waals surface area contributed by atoms with Gasteiger partial charge in [-0.3, -0.25) is 4.79 Å². The zero-order valence-corrected chi connectivity index (χ0v) is 17.6. The third-order valence-electron chi connectivity index (χ3n) is 6.72. The maximum Gasteiger partial charge on any atom is 0.281 e. The zero-order chi connectivity index (χ0) is 19.0. The van der Waals surface area contributed by atoms with Crippen LogP contribution in [0.5, 0.6) is 0 Å². The van der Waals surface area contributed by atoms with Gasteiger partial charge in [0.1, 0.15) is 0 Å². The van der Waals surface area contributed by atoms with Crippen LogP contribution in [0.2, 0.25) is 0 Å². The minimum atomic E-state index is 0.0734. The Balaban J connectivity index is 1.38. The Bertz CT molecular complexity index is 753. The first kappa shape index (κ1) is 18.9. The Hall–Kier alpha value is -1.46. The van der Waals surface area contributed by atoms with Crippen molar-refractivity contribution in [1.29, 1.82) is 0 Å². The van der Waals surface area contributed by atoms with E-state index in [4.69, 9.17) is 4.98 Å². The summed E-state index contributed by atoms with van der Waals surface area (Å²) in [5.74, 6) is 0.921. The van der Waals surface area contributed by atoms with Gasteiger partial charge in [0.25, 0.3) is 5.91 Å². The molecule has 1 amide bonds. The monoisotopic (exact) mass is 386 g/mol. The molecule has 27 heavy (non-hydrogen) atoms. The van der Waals surface area contributed by atoms with Crippen LogP contribution in [0.15, 0.2) is 24.3 Å². The molecule has 2 aliphatic heterocycles. The lowest BCUT2D eigenvalue weighted by atomic mass is 9.94. The largest absolute Gasteiger partial charge is 0.332 e. The molecule has 2 aromatic rings. The van der Waals surface area contributed by atoms with E-state index in [2.05, 4.69) is 49.9 Å². The van der Waals surface area contributed by atoms with Crippen molar-refractivity contribution < 1.29 is 9.69 Å². The lowest BCUT2D eigenvalue weighted by Crippen LogP contribution is -3.17. The highest BCUT2D eigenvalue weighted by Crippen LogP contribution is 2.31. The number of aromatic nitrogens is 1. The molecule has 0 unspecified atom stereocenters. The summed E-state index contributed by atoms with van der Waals surface area (Å²) in [4.78, 5) is 21.7. The summed E-state index contributed by atoms with van der Waals surface area (Å²) in [6.45, 7) is 8.72. The van der Waals surface area contributed by atoms with Gasteiger partial charge in [-0.1, -0.05) is 12.1 Å². The number of para-hydroxylation sites is 1. The maximum atomic E-state index is 13.2. The number of quaternary nitrogens is 1. The van der Waals surface area contributed by atoms with Crippen molar-refractivity contribution in [3.05, 3.63) is 29.3 Å². The highest BCUT2D eigenvalue weighted by atomic mass is 32.1. The zero-order valence-electron chi connectivity index (χ0n) is 16.8. The van der Waals surface area contributed by atoms with E-state index in [0.29, 0.717) is 23.9 Å². The summed E-state index contributed by atoms with van der Waals surface area (Å²) in [6, 6.07) is 9.29. The summed E-state index contributed by atoms with van der Waals surface area (Å²) in [7, 11) is 0. The number of benzene rings is 1. The summed E-state index contributed by atoms with van der Waals surface area (Å²) < 4.78 is 1.29. The van der Waals surface area contributed by atoms with Crippen molar-refractivity contribution in [3.8, 4) is 0 Å². The number of hydrogen-bond donors (Lipinski definition) is 1. The molecule has 2 fully saturated rings. The molecule has 1 aromatic heterocycles. The van der Waals surface area contributed by atoms with Gasteiger partial charge in [0.2, 0.25) is 0 Å². The molecule has 146 valence electrons. The van der Waals surface area contributed by atoms with Gasteiger partial charge in [-0.2, -0.15) is 0 Å². The number of nitrogens with zero attached hydrogens (tertiary/aromatic N) is 2. The van der Waals surface area contributed by atoms with Crippen LogP contribution < -0.4 is 4.90 Å². The number of rotatable bonds is 3. The van der Waals surface area contributed by atoms with Crippen LogP contribution in [-0.4, -0.2) is 47.0 Å². The van der Waals surface area contributed by atoms with Crippen molar-refractivity contribution in [1.82, 2.24) is 9.88 Å². The molecular weight excluding hydrogens is 354 g/mol. The van der Waals surface area contributed by atoms with E-state index in [1.54, 1.807) is 0 Å². The summed E-state index contributed by atoms with van der Waals surface area (Å²) in [5, 5.41) is 1.28. The number of thiazole rings is 1. The molecular formula is C22H32N3OS+. The first-order valence-corrected chi connectivity index (χ1v) is 11.4. The van der Waals surface area contributed by atoms with Crippen LogP contribution in [0.1, 0.15) is 63.8 Å². The molecule has 2 saturated heterocycles. The van der Waals surface area contributed by atoms with Crippen LogP contribution in [0.25, 0.3) is 10.2 Å². The quantitative estimate of drug-likeness (QED) is 0.879. The molecule has 4 rings (SSSR count). The van der Waals surface area contributed by atoms with E-state index in [1.165, 1.54) is 21.0 Å². The third kappa shape index (κ3) is 3.77. The number of amides is 1. The Labute approximate surface area is 166 Å². The second-order valence-electron chi connectivity index (χ2n) is 8.55. The third-order valence-corrected chi connectivity index (χ3v) is 7.92. The van der Waals surface area contributed by atoms with E-state index >= 15 is 0 Å². The van der Waals surface area contributed by atoms with Crippen molar-refractivity contribution in [2.75, 3.05) is 13.1 Å². The molecule has 4 nitrogen and oxygen atoms in total. The second-order valence-corrected chi connectivity index (χ2v) is 9.61. The van der Waals surface area contributed by atoms with Crippen LogP contribution >= 0.6 is 11.3 Å².